The minimum Gasteiger partial charge on any atom is -0.407 e. The summed E-state index contributed by atoms with van der Waals surface area (Å²) in [7, 11) is 0. The number of carbonyl (C=O) groups excluding carboxylic acids is 2. The molecule has 3 aromatic rings. The predicted molar refractivity (Wildman–Crippen MR) is 106 cm³/mol. The summed E-state index contributed by atoms with van der Waals surface area (Å²) < 4.78 is 5.54. The Kier molecular flexibility index (Phi) is 4.97. The van der Waals surface area contributed by atoms with Crippen LogP contribution in [0.2, 0.25) is 0 Å². The molecular formula is C20H17N5O5. The number of rotatable bonds is 5. The number of nitro benzene ring substituents is 1. The number of hydrogen-bond donors (Lipinski definition) is 1. The lowest BCUT2D eigenvalue weighted by Crippen LogP contribution is -2.24. The van der Waals surface area contributed by atoms with Crippen molar-refractivity contribution >= 4 is 29.2 Å². The third-order valence-electron chi connectivity index (χ3n) is 4.95. The van der Waals surface area contributed by atoms with Gasteiger partial charge in [0.15, 0.2) is 0 Å². The third kappa shape index (κ3) is 3.62. The van der Waals surface area contributed by atoms with Gasteiger partial charge in [-0.2, -0.15) is 0 Å². The minimum absolute atomic E-state index is 0.0535. The Morgan fingerprint density at radius 3 is 2.70 bits per heavy atom. The molecule has 2 heterocycles. The summed E-state index contributed by atoms with van der Waals surface area (Å²) in [5, 5.41) is 21.3. The molecule has 1 aliphatic heterocycles. The quantitative estimate of drug-likeness (QED) is 0.508. The van der Waals surface area contributed by atoms with Crippen LogP contribution in [0.1, 0.15) is 34.2 Å². The molecule has 1 saturated heterocycles. The van der Waals surface area contributed by atoms with Crippen LogP contribution in [0.25, 0.3) is 0 Å². The van der Waals surface area contributed by atoms with Gasteiger partial charge in [-0.15, -0.1) is 5.10 Å². The maximum atomic E-state index is 12.5. The molecule has 1 unspecified atom stereocenters. The van der Waals surface area contributed by atoms with Gasteiger partial charge in [0.2, 0.25) is 11.8 Å². The highest BCUT2D eigenvalue weighted by molar-refractivity contribution is 6.04. The van der Waals surface area contributed by atoms with E-state index in [2.05, 4.69) is 15.5 Å². The largest absolute Gasteiger partial charge is 0.407 e. The van der Waals surface area contributed by atoms with Crippen LogP contribution in [-0.4, -0.2) is 33.5 Å². The van der Waals surface area contributed by atoms with Gasteiger partial charge in [-0.1, -0.05) is 29.4 Å². The van der Waals surface area contributed by atoms with Gasteiger partial charge in [0.1, 0.15) is 0 Å². The SMILES string of the molecule is Cc1c(C(=O)Nc2nnc(C3CC(=O)N(c4ccccc4)C3)o2)cccc1[N+](=O)[O-]. The van der Waals surface area contributed by atoms with Crippen LogP contribution in [0.3, 0.4) is 0 Å². The number of carbonyl (C=O) groups is 2. The first-order valence-corrected chi connectivity index (χ1v) is 9.18. The van der Waals surface area contributed by atoms with Gasteiger partial charge in [0, 0.05) is 35.8 Å². The van der Waals surface area contributed by atoms with E-state index in [-0.39, 0.29) is 47.0 Å². The minimum atomic E-state index is -0.597. The molecule has 152 valence electrons. The Morgan fingerprint density at radius 2 is 1.97 bits per heavy atom. The maximum absolute atomic E-state index is 12.5. The van der Waals surface area contributed by atoms with E-state index in [1.807, 2.05) is 30.3 Å². The number of nitro groups is 1. The van der Waals surface area contributed by atoms with Crippen LogP contribution in [-0.2, 0) is 4.79 Å². The van der Waals surface area contributed by atoms with Crippen molar-refractivity contribution in [2.75, 3.05) is 16.8 Å². The highest BCUT2D eigenvalue weighted by Crippen LogP contribution is 2.31. The number of nitrogens with zero attached hydrogens (tertiary/aromatic N) is 4. The maximum Gasteiger partial charge on any atom is 0.322 e. The highest BCUT2D eigenvalue weighted by atomic mass is 16.6. The van der Waals surface area contributed by atoms with E-state index in [0.717, 1.165) is 5.69 Å². The zero-order valence-electron chi connectivity index (χ0n) is 15.9. The fraction of sp³-hybridized carbons (Fsp3) is 0.200. The summed E-state index contributed by atoms with van der Waals surface area (Å²) in [5.41, 5.74) is 1.01. The van der Waals surface area contributed by atoms with Crippen molar-refractivity contribution in [3.8, 4) is 0 Å². The van der Waals surface area contributed by atoms with Gasteiger partial charge < -0.3 is 9.32 Å². The monoisotopic (exact) mass is 407 g/mol. The lowest BCUT2D eigenvalue weighted by molar-refractivity contribution is -0.385. The van der Waals surface area contributed by atoms with Crippen LogP contribution in [0.15, 0.2) is 52.9 Å². The molecule has 0 saturated carbocycles. The topological polar surface area (TPSA) is 131 Å². The first-order chi connectivity index (χ1) is 14.4. The molecular weight excluding hydrogens is 390 g/mol. The first-order valence-electron chi connectivity index (χ1n) is 9.18. The molecule has 30 heavy (non-hydrogen) atoms. The lowest BCUT2D eigenvalue weighted by Gasteiger charge is -2.15. The Balaban J connectivity index is 1.48. The zero-order valence-corrected chi connectivity index (χ0v) is 15.9. The second kappa shape index (κ2) is 7.74. The first kappa shape index (κ1) is 19.2. The summed E-state index contributed by atoms with van der Waals surface area (Å²) in [6, 6.07) is 13.4. The molecule has 4 rings (SSSR count). The van der Waals surface area contributed by atoms with Crippen molar-refractivity contribution in [2.24, 2.45) is 0 Å². The normalized spacial score (nSPS) is 16.0. The van der Waals surface area contributed by atoms with Gasteiger partial charge >= 0.3 is 6.01 Å². The fourth-order valence-corrected chi connectivity index (χ4v) is 3.41. The molecule has 1 N–H and O–H groups in total. The average Bonchev–Trinajstić information content (AvgIpc) is 3.35. The van der Waals surface area contributed by atoms with Crippen LogP contribution < -0.4 is 10.2 Å². The number of hydrogen-bond acceptors (Lipinski definition) is 7. The molecule has 2 amide bonds. The number of aromatic nitrogens is 2. The Bertz CT molecular complexity index is 1130. The van der Waals surface area contributed by atoms with E-state index in [9.17, 15) is 19.7 Å². The van der Waals surface area contributed by atoms with Gasteiger partial charge in [-0.05, 0) is 25.1 Å². The Hall–Kier alpha value is -4.08. The molecule has 0 aliphatic carbocycles. The molecule has 10 nitrogen and oxygen atoms in total. The third-order valence-corrected chi connectivity index (χ3v) is 4.95. The molecule has 10 heteroatoms. The standard InChI is InChI=1S/C20H17N5O5/c1-12-15(8-5-9-16(12)25(28)29)18(27)21-20-23-22-19(30-20)13-10-17(26)24(11-13)14-6-3-2-4-7-14/h2-9,13H,10-11H2,1H3,(H,21,23,27). The Labute approximate surface area is 170 Å². The average molecular weight is 407 g/mol. The molecule has 1 aliphatic rings. The molecule has 1 fully saturated rings. The summed E-state index contributed by atoms with van der Waals surface area (Å²) >= 11 is 0. The van der Waals surface area contributed by atoms with Crippen LogP contribution in [0, 0.1) is 17.0 Å². The molecule has 0 bridgehead atoms. The van der Waals surface area contributed by atoms with Crippen LogP contribution >= 0.6 is 0 Å². The number of nitrogens with one attached hydrogen (secondary N) is 1. The zero-order chi connectivity index (χ0) is 21.3. The van der Waals surface area contributed by atoms with Crippen molar-refractivity contribution in [3.63, 3.8) is 0 Å². The second-order valence-electron chi connectivity index (χ2n) is 6.85. The fourth-order valence-electron chi connectivity index (χ4n) is 3.41. The summed E-state index contributed by atoms with van der Waals surface area (Å²) in [6.07, 6.45) is 0.217. The second-order valence-corrected chi connectivity index (χ2v) is 6.85. The van der Waals surface area contributed by atoms with Crippen molar-refractivity contribution in [1.29, 1.82) is 0 Å². The molecule has 0 radical (unpaired) electrons. The van der Waals surface area contributed by atoms with Crippen molar-refractivity contribution in [1.82, 2.24) is 10.2 Å². The van der Waals surface area contributed by atoms with E-state index in [0.29, 0.717) is 6.54 Å². The highest BCUT2D eigenvalue weighted by Gasteiger charge is 2.35. The van der Waals surface area contributed by atoms with E-state index in [1.165, 1.54) is 25.1 Å². The van der Waals surface area contributed by atoms with E-state index < -0.39 is 10.8 Å². The Morgan fingerprint density at radius 1 is 1.20 bits per heavy atom. The molecule has 1 aromatic heterocycles. The number of para-hydroxylation sites is 1. The van der Waals surface area contributed by atoms with E-state index in [1.54, 1.807) is 4.90 Å². The lowest BCUT2D eigenvalue weighted by atomic mass is 10.1. The van der Waals surface area contributed by atoms with Crippen LogP contribution in [0.4, 0.5) is 17.4 Å². The summed E-state index contributed by atoms with van der Waals surface area (Å²) in [5.74, 6) is -0.703. The van der Waals surface area contributed by atoms with E-state index >= 15 is 0 Å². The molecule has 0 spiro atoms. The molecule has 2 aromatic carbocycles. The summed E-state index contributed by atoms with van der Waals surface area (Å²) in [6.45, 7) is 1.89. The summed E-state index contributed by atoms with van der Waals surface area (Å²) in [4.78, 5) is 37.0. The number of amides is 2. The van der Waals surface area contributed by atoms with Crippen molar-refractivity contribution in [3.05, 3.63) is 75.7 Å². The van der Waals surface area contributed by atoms with Crippen molar-refractivity contribution in [2.45, 2.75) is 19.3 Å². The molecule has 1 atom stereocenters. The van der Waals surface area contributed by atoms with Gasteiger partial charge in [0.25, 0.3) is 11.6 Å². The van der Waals surface area contributed by atoms with Gasteiger partial charge in [-0.25, -0.2) is 0 Å². The van der Waals surface area contributed by atoms with Gasteiger partial charge in [-0.3, -0.25) is 25.0 Å². The van der Waals surface area contributed by atoms with Crippen LogP contribution in [0.5, 0.6) is 0 Å². The van der Waals surface area contributed by atoms with Gasteiger partial charge in [0.05, 0.1) is 10.8 Å². The predicted octanol–water partition coefficient (Wildman–Crippen LogP) is 3.06. The number of benzene rings is 2. The number of anilines is 2. The smallest absolute Gasteiger partial charge is 0.322 e. The van der Waals surface area contributed by atoms with E-state index in [4.69, 9.17) is 4.42 Å². The van der Waals surface area contributed by atoms with Crippen molar-refractivity contribution < 1.29 is 18.9 Å².